The zero-order valence-electron chi connectivity index (χ0n) is 7.92. The minimum atomic E-state index is -0.157. The number of benzene rings is 1. The van der Waals surface area contributed by atoms with E-state index in [9.17, 15) is 4.39 Å². The molecule has 0 amide bonds. The maximum Gasteiger partial charge on any atom is 0.123 e. The van der Waals surface area contributed by atoms with E-state index >= 15 is 0 Å². The first kappa shape index (κ1) is 8.54. The Hall–Kier alpha value is -1.05. The van der Waals surface area contributed by atoms with E-state index in [1.54, 1.807) is 12.1 Å². The van der Waals surface area contributed by atoms with Crippen LogP contribution in [0.25, 0.3) is 0 Å². The molecule has 0 saturated heterocycles. The number of hydrogen-bond donors (Lipinski definition) is 0. The second kappa shape index (κ2) is 3.02. The van der Waals surface area contributed by atoms with Crippen LogP contribution < -0.4 is 5.32 Å². The molecule has 1 aliphatic rings. The minimum absolute atomic E-state index is 0.157. The van der Waals surface area contributed by atoms with Crippen LogP contribution in [0.4, 0.5) is 10.1 Å². The summed E-state index contributed by atoms with van der Waals surface area (Å²) in [5.74, 6) is 0.272. The van der Waals surface area contributed by atoms with Crippen molar-refractivity contribution in [2.45, 2.75) is 32.2 Å². The lowest BCUT2D eigenvalue weighted by Gasteiger charge is -2.26. The largest absolute Gasteiger partial charge is 0.282 e. The van der Waals surface area contributed by atoms with Gasteiger partial charge >= 0.3 is 0 Å². The first-order chi connectivity index (χ1) is 6.16. The van der Waals surface area contributed by atoms with Crippen molar-refractivity contribution in [3.63, 3.8) is 0 Å². The third kappa shape index (κ3) is 1.53. The zero-order valence-corrected chi connectivity index (χ0v) is 7.92. The average Bonchev–Trinajstić information content (AvgIpc) is 2.06. The van der Waals surface area contributed by atoms with Crippen molar-refractivity contribution >= 4 is 5.69 Å². The molecule has 1 aromatic rings. The van der Waals surface area contributed by atoms with Gasteiger partial charge in [0.2, 0.25) is 0 Å². The predicted octanol–water partition coefficient (Wildman–Crippen LogP) is 2.96. The normalized spacial score (nSPS) is 26.4. The van der Waals surface area contributed by atoms with Crippen molar-refractivity contribution in [3.05, 3.63) is 29.6 Å². The second-order valence-corrected chi connectivity index (χ2v) is 3.82. The summed E-state index contributed by atoms with van der Waals surface area (Å²) >= 11 is 0. The Kier molecular flexibility index (Phi) is 1.98. The van der Waals surface area contributed by atoms with Crippen LogP contribution in [0.1, 0.15) is 31.7 Å². The fraction of sp³-hybridized carbons (Fsp3) is 0.455. The van der Waals surface area contributed by atoms with Gasteiger partial charge in [0.05, 0.1) is 5.69 Å². The molecule has 0 N–H and O–H groups in total. The summed E-state index contributed by atoms with van der Waals surface area (Å²) in [6, 6.07) is 5.23. The molecular weight excluding hydrogens is 165 g/mol. The molecule has 0 bridgehead atoms. The van der Waals surface area contributed by atoms with Gasteiger partial charge in [-0.3, -0.25) is 5.32 Å². The highest BCUT2D eigenvalue weighted by Gasteiger charge is 2.22. The molecule has 2 unspecified atom stereocenters. The second-order valence-electron chi connectivity index (χ2n) is 3.82. The summed E-state index contributed by atoms with van der Waals surface area (Å²) < 4.78 is 12.9. The topological polar surface area (TPSA) is 14.1 Å². The Morgan fingerprint density at radius 3 is 2.92 bits per heavy atom. The zero-order chi connectivity index (χ0) is 9.42. The summed E-state index contributed by atoms with van der Waals surface area (Å²) in [5.41, 5.74) is 2.02. The molecule has 1 heterocycles. The van der Waals surface area contributed by atoms with E-state index in [-0.39, 0.29) is 5.82 Å². The van der Waals surface area contributed by atoms with E-state index in [0.717, 1.165) is 17.7 Å². The van der Waals surface area contributed by atoms with Gasteiger partial charge in [-0.15, -0.1) is 0 Å². The van der Waals surface area contributed by atoms with E-state index in [1.807, 2.05) is 0 Å². The quantitative estimate of drug-likeness (QED) is 0.580. The van der Waals surface area contributed by atoms with Gasteiger partial charge in [0, 0.05) is 6.04 Å². The highest BCUT2D eigenvalue weighted by molar-refractivity contribution is 5.49. The molecule has 0 spiro atoms. The van der Waals surface area contributed by atoms with Gasteiger partial charge in [0.15, 0.2) is 0 Å². The van der Waals surface area contributed by atoms with Crippen LogP contribution in [-0.2, 0) is 0 Å². The van der Waals surface area contributed by atoms with Crippen LogP contribution in [0.5, 0.6) is 0 Å². The van der Waals surface area contributed by atoms with E-state index in [2.05, 4.69) is 19.2 Å². The Bertz CT molecular complexity index is 322. The number of rotatable bonds is 0. The predicted molar refractivity (Wildman–Crippen MR) is 50.7 cm³/mol. The average molecular weight is 178 g/mol. The monoisotopic (exact) mass is 178 g/mol. The molecule has 1 aliphatic heterocycles. The fourth-order valence-corrected chi connectivity index (χ4v) is 1.97. The molecule has 1 radical (unpaired) electrons. The standard InChI is InChI=1S/C11H13FN/c1-7-5-8(2)13-11-4-3-9(12)6-10(7)11/h3-4,6-8H,5H2,1-2H3. The Labute approximate surface area is 78.0 Å². The summed E-state index contributed by atoms with van der Waals surface area (Å²) in [4.78, 5) is 0. The smallest absolute Gasteiger partial charge is 0.123 e. The lowest BCUT2D eigenvalue weighted by Crippen LogP contribution is -2.23. The molecule has 0 saturated carbocycles. The molecule has 0 aliphatic carbocycles. The molecule has 1 nitrogen and oxygen atoms in total. The van der Waals surface area contributed by atoms with Gasteiger partial charge in [-0.2, -0.15) is 0 Å². The van der Waals surface area contributed by atoms with Crippen LogP contribution in [0.15, 0.2) is 18.2 Å². The molecular formula is C11H13FN. The molecule has 2 rings (SSSR count). The highest BCUT2D eigenvalue weighted by atomic mass is 19.1. The molecule has 0 aromatic heterocycles. The highest BCUT2D eigenvalue weighted by Crippen LogP contribution is 2.34. The van der Waals surface area contributed by atoms with E-state index in [0.29, 0.717) is 12.0 Å². The van der Waals surface area contributed by atoms with Gasteiger partial charge in [-0.1, -0.05) is 6.92 Å². The Morgan fingerprint density at radius 1 is 1.38 bits per heavy atom. The summed E-state index contributed by atoms with van der Waals surface area (Å²) in [6.07, 6.45) is 1.02. The molecule has 1 aromatic carbocycles. The Morgan fingerprint density at radius 2 is 2.15 bits per heavy atom. The third-order valence-electron chi connectivity index (χ3n) is 2.57. The number of nitrogens with zero attached hydrogens (tertiary/aromatic N) is 1. The SMILES string of the molecule is CC1CC(C)c2cc(F)ccc2[N]1. The fourth-order valence-electron chi connectivity index (χ4n) is 1.97. The molecule has 0 fully saturated rings. The van der Waals surface area contributed by atoms with Gasteiger partial charge < -0.3 is 0 Å². The van der Waals surface area contributed by atoms with Crippen LogP contribution in [-0.4, -0.2) is 6.04 Å². The lowest BCUT2D eigenvalue weighted by atomic mass is 9.89. The van der Waals surface area contributed by atoms with Gasteiger partial charge in [0.25, 0.3) is 0 Å². The number of fused-ring (bicyclic) bond motifs is 1. The van der Waals surface area contributed by atoms with Gasteiger partial charge in [-0.25, -0.2) is 4.39 Å². The van der Waals surface area contributed by atoms with Crippen molar-refractivity contribution < 1.29 is 4.39 Å². The van der Waals surface area contributed by atoms with E-state index in [1.165, 1.54) is 6.07 Å². The van der Waals surface area contributed by atoms with E-state index < -0.39 is 0 Å². The molecule has 2 heteroatoms. The van der Waals surface area contributed by atoms with Crippen LogP contribution in [0, 0.1) is 5.82 Å². The van der Waals surface area contributed by atoms with Crippen molar-refractivity contribution in [1.29, 1.82) is 0 Å². The molecule has 2 atom stereocenters. The number of halogens is 1. The summed E-state index contributed by atoms with van der Waals surface area (Å²) in [5, 5.41) is 4.47. The Balaban J connectivity index is 2.43. The molecule has 69 valence electrons. The van der Waals surface area contributed by atoms with Crippen LogP contribution in [0.3, 0.4) is 0 Å². The number of hydrogen-bond acceptors (Lipinski definition) is 0. The summed E-state index contributed by atoms with van der Waals surface area (Å²) in [7, 11) is 0. The molecule has 13 heavy (non-hydrogen) atoms. The third-order valence-corrected chi connectivity index (χ3v) is 2.57. The first-order valence-corrected chi connectivity index (χ1v) is 4.67. The van der Waals surface area contributed by atoms with Crippen LogP contribution in [0.2, 0.25) is 0 Å². The minimum Gasteiger partial charge on any atom is -0.282 e. The van der Waals surface area contributed by atoms with Crippen molar-refractivity contribution in [2.24, 2.45) is 0 Å². The lowest BCUT2D eigenvalue weighted by molar-refractivity contribution is 0.493. The maximum atomic E-state index is 12.9. The van der Waals surface area contributed by atoms with Gasteiger partial charge in [0.1, 0.15) is 5.82 Å². The van der Waals surface area contributed by atoms with Crippen molar-refractivity contribution in [3.8, 4) is 0 Å². The maximum absolute atomic E-state index is 12.9. The van der Waals surface area contributed by atoms with E-state index in [4.69, 9.17) is 0 Å². The summed E-state index contributed by atoms with van der Waals surface area (Å²) in [6.45, 7) is 4.23. The van der Waals surface area contributed by atoms with Crippen molar-refractivity contribution in [1.82, 2.24) is 5.32 Å². The first-order valence-electron chi connectivity index (χ1n) is 4.67. The van der Waals surface area contributed by atoms with Crippen molar-refractivity contribution in [2.75, 3.05) is 0 Å². The van der Waals surface area contributed by atoms with Crippen LogP contribution >= 0.6 is 0 Å². The van der Waals surface area contributed by atoms with Gasteiger partial charge in [-0.05, 0) is 43.0 Å².